The summed E-state index contributed by atoms with van der Waals surface area (Å²) < 4.78 is 14.0. The maximum absolute atomic E-state index is 7.17. The van der Waals surface area contributed by atoms with E-state index in [4.69, 9.17) is 9.47 Å². The second kappa shape index (κ2) is 15.9. The summed E-state index contributed by atoms with van der Waals surface area (Å²) in [5.41, 5.74) is 9.54. The molecule has 12 aromatic carbocycles. The Morgan fingerprint density at radius 3 is 1.01 bits per heavy atom. The second-order valence-corrected chi connectivity index (χ2v) is 29.1. The Labute approximate surface area is 416 Å². The van der Waals surface area contributed by atoms with Crippen molar-refractivity contribution in [2.45, 2.75) is 19.6 Å². The molecule has 0 N–H and O–H groups in total. The van der Waals surface area contributed by atoms with Crippen molar-refractivity contribution in [2.75, 3.05) is 0 Å². The fourth-order valence-electron chi connectivity index (χ4n) is 12.2. The normalized spacial score (nSPS) is 12.7. The Bertz CT molecular complexity index is 3980. The Morgan fingerprint density at radius 2 is 0.606 bits per heavy atom. The van der Waals surface area contributed by atoms with Crippen LogP contribution in [0, 0.1) is 0 Å². The third-order valence-corrected chi connectivity index (χ3v) is 22.2. The maximum Gasteiger partial charge on any atom is 0.179 e. The fraction of sp³-hybridized carbons (Fsp3) is 0.0448. The van der Waals surface area contributed by atoms with Gasteiger partial charge in [0.15, 0.2) is 8.07 Å². The van der Waals surface area contributed by atoms with Gasteiger partial charge in [0.1, 0.15) is 23.0 Å². The van der Waals surface area contributed by atoms with Crippen LogP contribution in [0.2, 0.25) is 19.6 Å². The number of benzene rings is 12. The van der Waals surface area contributed by atoms with Crippen molar-refractivity contribution in [3.63, 3.8) is 0 Å². The summed E-state index contributed by atoms with van der Waals surface area (Å²) in [6.45, 7) is 7.18. The van der Waals surface area contributed by atoms with E-state index in [0.717, 1.165) is 39.5 Å². The summed E-state index contributed by atoms with van der Waals surface area (Å²) in [6.07, 6.45) is 0. The van der Waals surface area contributed by atoms with Crippen molar-refractivity contribution in [2.24, 2.45) is 0 Å². The number of ether oxygens (including phenoxy) is 2. The predicted octanol–water partition coefficient (Wildman–Crippen LogP) is 15.1. The van der Waals surface area contributed by atoms with Crippen LogP contribution >= 0.6 is 0 Å². The summed E-state index contributed by atoms with van der Waals surface area (Å²) in [5, 5.41) is 16.2. The standard InChI is InChI=1S/C67H48O2Si2/c1-70(2,3)46-33-35-48-50-29-17-31-56-58(37-39-60(66(50)56)68-62(48)41-46)64-52-25-13-15-27-54(52)65(55-28-16-14-26-53(55)64)59-38-40-61-67-51(30-18-32-57(59)67)49-36-34-47(42-63(49)69-61)71(43-19-7-4-8-20-43,44-21-9-5-10-22-44)45-23-11-6-12-24-45/h4-42H,1-3H3. The minimum Gasteiger partial charge on any atom is -0.456 e. The molecule has 0 saturated carbocycles. The molecule has 4 heteroatoms. The first-order chi connectivity index (χ1) is 34.9. The lowest BCUT2D eigenvalue weighted by Crippen LogP contribution is -2.74. The number of fused-ring (bicyclic) bond motifs is 6. The first-order valence-electron chi connectivity index (χ1n) is 24.7. The Balaban J connectivity index is 0.951. The quantitative estimate of drug-likeness (QED) is 0.0900. The zero-order valence-corrected chi connectivity index (χ0v) is 41.8. The van der Waals surface area contributed by atoms with E-state index >= 15 is 0 Å². The van der Waals surface area contributed by atoms with Crippen molar-refractivity contribution in [1.29, 1.82) is 0 Å². The molecule has 0 bridgehead atoms. The Morgan fingerprint density at radius 1 is 0.254 bits per heavy atom. The van der Waals surface area contributed by atoms with Gasteiger partial charge in [0.2, 0.25) is 0 Å². The first-order valence-corrected chi connectivity index (χ1v) is 30.2. The van der Waals surface area contributed by atoms with Gasteiger partial charge in [-0.3, -0.25) is 0 Å². The molecule has 12 aromatic rings. The van der Waals surface area contributed by atoms with E-state index in [9.17, 15) is 0 Å². The van der Waals surface area contributed by atoms with E-state index in [1.807, 2.05) is 0 Å². The van der Waals surface area contributed by atoms with Gasteiger partial charge >= 0.3 is 0 Å². The zero-order chi connectivity index (χ0) is 47.4. The van der Waals surface area contributed by atoms with E-state index in [-0.39, 0.29) is 0 Å². The second-order valence-electron chi connectivity index (χ2n) is 20.2. The Hall–Kier alpha value is -8.29. The van der Waals surface area contributed by atoms with E-state index in [1.54, 1.807) is 0 Å². The third-order valence-electron chi connectivity index (χ3n) is 15.4. The summed E-state index contributed by atoms with van der Waals surface area (Å²) in [4.78, 5) is 0. The molecule has 0 amide bonds. The van der Waals surface area contributed by atoms with E-state index in [1.165, 1.54) is 97.0 Å². The largest absolute Gasteiger partial charge is 0.456 e. The maximum atomic E-state index is 7.17. The van der Waals surface area contributed by atoms with E-state index in [0.29, 0.717) is 0 Å². The van der Waals surface area contributed by atoms with Gasteiger partial charge in [-0.25, -0.2) is 0 Å². The molecule has 0 spiro atoms. The van der Waals surface area contributed by atoms with Crippen molar-refractivity contribution in [3.05, 3.63) is 237 Å². The molecule has 0 aromatic heterocycles. The molecule has 0 atom stereocenters. The van der Waals surface area contributed by atoms with Gasteiger partial charge in [0.05, 0.1) is 8.07 Å². The lowest BCUT2D eigenvalue weighted by molar-refractivity contribution is 0.487. The average molecular weight is 941 g/mol. The highest BCUT2D eigenvalue weighted by Gasteiger charge is 2.42. The van der Waals surface area contributed by atoms with Crippen LogP contribution in [0.3, 0.4) is 0 Å². The highest BCUT2D eigenvalue weighted by molar-refractivity contribution is 7.20. The van der Waals surface area contributed by atoms with Gasteiger partial charge in [-0.15, -0.1) is 0 Å². The molecule has 2 nitrogen and oxygen atoms in total. The summed E-state index contributed by atoms with van der Waals surface area (Å²) in [7, 11) is -4.31. The molecule has 0 saturated heterocycles. The molecule has 0 unspecified atom stereocenters. The smallest absolute Gasteiger partial charge is 0.179 e. The van der Waals surface area contributed by atoms with Gasteiger partial charge in [-0.2, -0.15) is 0 Å². The van der Waals surface area contributed by atoms with Crippen LogP contribution in [-0.4, -0.2) is 16.1 Å². The van der Waals surface area contributed by atoms with Gasteiger partial charge in [-0.05, 0) is 123 Å². The summed E-state index contributed by atoms with van der Waals surface area (Å²) in [5.74, 6) is 3.64. The van der Waals surface area contributed by atoms with Crippen molar-refractivity contribution in [1.82, 2.24) is 0 Å². The predicted molar refractivity (Wildman–Crippen MR) is 305 cm³/mol. The molecule has 2 aliphatic rings. The number of rotatable bonds is 7. The highest BCUT2D eigenvalue weighted by atomic mass is 28.3. The summed E-state index contributed by atoms with van der Waals surface area (Å²) >= 11 is 0. The van der Waals surface area contributed by atoms with Gasteiger partial charge in [0.25, 0.3) is 0 Å². The van der Waals surface area contributed by atoms with Crippen LogP contribution < -0.4 is 35.4 Å². The monoisotopic (exact) mass is 940 g/mol. The molecule has 2 aliphatic heterocycles. The molecule has 71 heavy (non-hydrogen) atoms. The lowest BCUT2D eigenvalue weighted by Gasteiger charge is -2.35. The van der Waals surface area contributed by atoms with Crippen LogP contribution in [0.4, 0.5) is 0 Å². The minimum absolute atomic E-state index is 0.880. The van der Waals surface area contributed by atoms with Gasteiger partial charge in [-0.1, -0.05) is 225 Å². The molecular formula is C67H48O2Si2. The molecule has 0 aliphatic carbocycles. The van der Waals surface area contributed by atoms with Gasteiger partial charge in [0, 0.05) is 21.9 Å². The molecule has 336 valence electrons. The molecule has 0 fully saturated rings. The summed E-state index contributed by atoms with van der Waals surface area (Å²) in [6, 6.07) is 87.8. The van der Waals surface area contributed by atoms with Gasteiger partial charge < -0.3 is 9.47 Å². The van der Waals surface area contributed by atoms with Crippen LogP contribution in [0.5, 0.6) is 23.0 Å². The third kappa shape index (κ3) is 6.25. The number of hydrogen-bond donors (Lipinski definition) is 0. The lowest BCUT2D eigenvalue weighted by atomic mass is 9.82. The Kier molecular flexibility index (Phi) is 9.32. The first kappa shape index (κ1) is 41.7. The molecule has 2 heterocycles. The van der Waals surface area contributed by atoms with Crippen molar-refractivity contribution >= 4 is 85.2 Å². The van der Waals surface area contributed by atoms with E-state index in [2.05, 4.69) is 256 Å². The molecule has 14 rings (SSSR count). The number of hydrogen-bond acceptors (Lipinski definition) is 2. The molecular weight excluding hydrogens is 893 g/mol. The van der Waals surface area contributed by atoms with Crippen LogP contribution in [0.25, 0.3) is 87.6 Å². The van der Waals surface area contributed by atoms with Crippen LogP contribution in [0.15, 0.2) is 237 Å². The minimum atomic E-state index is -2.78. The van der Waals surface area contributed by atoms with Crippen LogP contribution in [-0.2, 0) is 0 Å². The zero-order valence-electron chi connectivity index (χ0n) is 39.8. The van der Waals surface area contributed by atoms with E-state index < -0.39 is 16.1 Å². The average Bonchev–Trinajstić information content (AvgIpc) is 3.42. The topological polar surface area (TPSA) is 18.5 Å². The van der Waals surface area contributed by atoms with Crippen LogP contribution in [0.1, 0.15) is 0 Å². The fourth-order valence-corrected chi connectivity index (χ4v) is 18.1. The molecule has 0 radical (unpaired) electrons. The van der Waals surface area contributed by atoms with Crippen molar-refractivity contribution in [3.8, 4) is 67.5 Å². The van der Waals surface area contributed by atoms with Crippen molar-refractivity contribution < 1.29 is 9.47 Å². The SMILES string of the molecule is C[Si](C)(C)c1ccc2c(c1)Oc1ccc(-c3c4ccccc4c(-c4ccc5c6c(cccc46)-c4ccc([Si](c6ccccc6)(c6ccccc6)c6ccccc6)cc4O5)c4ccccc34)c3cccc-2c13. The highest BCUT2D eigenvalue weighted by Crippen LogP contribution is 2.54.